The number of aliphatic imine (C=N–C) groups is 1. The van der Waals surface area contributed by atoms with E-state index >= 15 is 0 Å². The second-order valence-corrected chi connectivity index (χ2v) is 6.36. The first-order chi connectivity index (χ1) is 11.0. The molecule has 0 radical (unpaired) electrons. The third-order valence-electron chi connectivity index (χ3n) is 3.76. The summed E-state index contributed by atoms with van der Waals surface area (Å²) in [6.45, 7) is 3.76. The Morgan fingerprint density at radius 3 is 2.65 bits per heavy atom. The van der Waals surface area contributed by atoms with Crippen LogP contribution in [-0.4, -0.2) is 22.4 Å². The van der Waals surface area contributed by atoms with Crippen LogP contribution >= 0.6 is 15.9 Å². The van der Waals surface area contributed by atoms with Crippen LogP contribution in [0.2, 0.25) is 0 Å². The number of nitrogens with zero attached hydrogens (tertiary/aromatic N) is 2. The van der Waals surface area contributed by atoms with Crippen molar-refractivity contribution >= 4 is 33.7 Å². The fourth-order valence-electron chi connectivity index (χ4n) is 2.49. The Morgan fingerprint density at radius 2 is 1.96 bits per heavy atom. The molecule has 0 bridgehead atoms. The summed E-state index contributed by atoms with van der Waals surface area (Å²) in [5, 5.41) is 11.1. The largest absolute Gasteiger partial charge is 0.290 e. The van der Waals surface area contributed by atoms with Crippen LogP contribution in [0.15, 0.2) is 68.8 Å². The molecule has 23 heavy (non-hydrogen) atoms. The molecule has 0 amide bonds. The number of rotatable bonds is 1. The first kappa shape index (κ1) is 15.6. The highest BCUT2D eigenvalue weighted by atomic mass is 79.9. The van der Waals surface area contributed by atoms with Crippen LogP contribution in [0.5, 0.6) is 0 Å². The molecule has 0 saturated heterocycles. The molecule has 3 rings (SSSR count). The third-order valence-corrected chi connectivity index (χ3v) is 4.25. The third kappa shape index (κ3) is 3.11. The number of hydroxylamine groups is 2. The monoisotopic (exact) mass is 370 g/mol. The molecule has 0 saturated carbocycles. The summed E-state index contributed by atoms with van der Waals surface area (Å²) < 4.78 is 0.985. The molecule has 2 aliphatic rings. The summed E-state index contributed by atoms with van der Waals surface area (Å²) in [5.74, 6) is 0.00545. The Balaban J connectivity index is 2.09. The lowest BCUT2D eigenvalue weighted by Crippen LogP contribution is -2.19. The van der Waals surface area contributed by atoms with Gasteiger partial charge in [0.2, 0.25) is 0 Å². The Labute approximate surface area is 142 Å². The van der Waals surface area contributed by atoms with E-state index < -0.39 is 0 Å². The number of aryl methyl sites for hydroxylation is 1. The van der Waals surface area contributed by atoms with Gasteiger partial charge in [0.15, 0.2) is 5.78 Å². The minimum absolute atomic E-state index is 0.00545. The highest BCUT2D eigenvalue weighted by Crippen LogP contribution is 2.29. The predicted octanol–water partition coefficient (Wildman–Crippen LogP) is 4.17. The van der Waals surface area contributed by atoms with Gasteiger partial charge in [0.25, 0.3) is 0 Å². The maximum absolute atomic E-state index is 11.6. The molecule has 1 heterocycles. The molecule has 4 nitrogen and oxygen atoms in total. The molecule has 1 aliphatic carbocycles. The zero-order valence-electron chi connectivity index (χ0n) is 12.7. The van der Waals surface area contributed by atoms with Crippen LogP contribution in [-0.2, 0) is 4.79 Å². The van der Waals surface area contributed by atoms with Gasteiger partial charge in [-0.3, -0.25) is 10.0 Å². The van der Waals surface area contributed by atoms with E-state index in [-0.39, 0.29) is 5.78 Å². The van der Waals surface area contributed by atoms with Crippen molar-refractivity contribution in [3.05, 3.63) is 74.9 Å². The number of carbonyl (C=O) groups is 1. The van der Waals surface area contributed by atoms with Crippen molar-refractivity contribution in [2.75, 3.05) is 0 Å². The number of carbonyl (C=O) groups excluding carboxylic acids is 1. The van der Waals surface area contributed by atoms with E-state index in [2.05, 4.69) is 20.9 Å². The molecule has 0 aromatic heterocycles. The van der Waals surface area contributed by atoms with Crippen LogP contribution in [0.1, 0.15) is 18.1 Å². The quantitative estimate of drug-likeness (QED) is 0.806. The Bertz CT molecular complexity index is 845. The summed E-state index contributed by atoms with van der Waals surface area (Å²) in [6, 6.07) is 5.86. The number of allylic oxidation sites excluding steroid dienone is 6. The SMILES string of the molecule is CC1=CC(=C2C=C(c3ccc(Br)cc3C)N(O)C=N2)C=CC1=O. The second kappa shape index (κ2) is 6.10. The van der Waals surface area contributed by atoms with E-state index in [1.54, 1.807) is 13.0 Å². The molecular weight excluding hydrogens is 356 g/mol. The van der Waals surface area contributed by atoms with Gasteiger partial charge >= 0.3 is 0 Å². The van der Waals surface area contributed by atoms with Crippen molar-refractivity contribution in [3.63, 3.8) is 0 Å². The smallest absolute Gasteiger partial charge is 0.181 e. The zero-order valence-corrected chi connectivity index (χ0v) is 14.3. The zero-order chi connectivity index (χ0) is 16.6. The molecule has 1 N–H and O–H groups in total. The normalized spacial score (nSPS) is 20.7. The van der Waals surface area contributed by atoms with E-state index in [4.69, 9.17) is 0 Å². The van der Waals surface area contributed by atoms with E-state index in [0.29, 0.717) is 17.0 Å². The summed E-state index contributed by atoms with van der Waals surface area (Å²) in [5.41, 5.74) is 4.81. The van der Waals surface area contributed by atoms with Crippen molar-refractivity contribution < 1.29 is 10.0 Å². The fraction of sp³-hybridized carbons (Fsp3) is 0.111. The van der Waals surface area contributed by atoms with Gasteiger partial charge in [-0.05, 0) is 61.4 Å². The van der Waals surface area contributed by atoms with E-state index in [1.165, 1.54) is 12.4 Å². The summed E-state index contributed by atoms with van der Waals surface area (Å²) in [4.78, 5) is 15.8. The average Bonchev–Trinajstić information content (AvgIpc) is 2.51. The Kier molecular flexibility index (Phi) is 4.15. The lowest BCUT2D eigenvalue weighted by molar-refractivity contribution is -0.111. The van der Waals surface area contributed by atoms with Crippen LogP contribution in [0, 0.1) is 6.92 Å². The minimum Gasteiger partial charge on any atom is -0.290 e. The van der Waals surface area contributed by atoms with Gasteiger partial charge in [-0.15, -0.1) is 0 Å². The lowest BCUT2D eigenvalue weighted by Gasteiger charge is -2.22. The van der Waals surface area contributed by atoms with Crippen LogP contribution in [0.4, 0.5) is 0 Å². The van der Waals surface area contributed by atoms with Gasteiger partial charge in [-0.2, -0.15) is 0 Å². The van der Waals surface area contributed by atoms with Gasteiger partial charge in [0.1, 0.15) is 6.34 Å². The minimum atomic E-state index is 0.00545. The van der Waals surface area contributed by atoms with Gasteiger partial charge in [-0.1, -0.05) is 22.0 Å². The fourth-order valence-corrected chi connectivity index (χ4v) is 2.97. The Hall–Kier alpha value is -2.24. The molecule has 0 fully saturated rings. The first-order valence-electron chi connectivity index (χ1n) is 7.11. The predicted molar refractivity (Wildman–Crippen MR) is 93.9 cm³/mol. The number of hydrogen-bond acceptors (Lipinski definition) is 4. The molecule has 5 heteroatoms. The molecule has 1 aliphatic heterocycles. The Morgan fingerprint density at radius 1 is 1.17 bits per heavy atom. The molecular formula is C18H15BrN2O2. The van der Waals surface area contributed by atoms with Gasteiger partial charge in [0, 0.05) is 15.6 Å². The van der Waals surface area contributed by atoms with Crippen molar-refractivity contribution in [2.24, 2.45) is 4.99 Å². The molecule has 1 aromatic carbocycles. The highest BCUT2D eigenvalue weighted by molar-refractivity contribution is 9.10. The molecule has 0 atom stereocenters. The van der Waals surface area contributed by atoms with E-state index in [0.717, 1.165) is 26.2 Å². The summed E-state index contributed by atoms with van der Waals surface area (Å²) in [6.07, 6.45) is 8.28. The maximum atomic E-state index is 11.6. The van der Waals surface area contributed by atoms with Gasteiger partial charge in [-0.25, -0.2) is 10.1 Å². The topological polar surface area (TPSA) is 52.9 Å². The van der Waals surface area contributed by atoms with E-state index in [9.17, 15) is 10.0 Å². The lowest BCUT2D eigenvalue weighted by atomic mass is 9.98. The number of halogens is 1. The number of ketones is 1. The summed E-state index contributed by atoms with van der Waals surface area (Å²) >= 11 is 3.44. The first-order valence-corrected chi connectivity index (χ1v) is 7.90. The number of hydrogen-bond donors (Lipinski definition) is 1. The van der Waals surface area contributed by atoms with Crippen LogP contribution in [0.3, 0.4) is 0 Å². The highest BCUT2D eigenvalue weighted by Gasteiger charge is 2.17. The number of benzene rings is 1. The van der Waals surface area contributed by atoms with Gasteiger partial charge < -0.3 is 0 Å². The van der Waals surface area contributed by atoms with Crippen molar-refractivity contribution in [3.8, 4) is 0 Å². The maximum Gasteiger partial charge on any atom is 0.181 e. The molecule has 0 spiro atoms. The van der Waals surface area contributed by atoms with Crippen LogP contribution in [0.25, 0.3) is 5.70 Å². The summed E-state index contributed by atoms with van der Waals surface area (Å²) in [7, 11) is 0. The average molecular weight is 371 g/mol. The molecule has 1 aromatic rings. The van der Waals surface area contributed by atoms with Crippen LogP contribution < -0.4 is 0 Å². The van der Waals surface area contributed by atoms with E-state index in [1.807, 2.05) is 37.3 Å². The van der Waals surface area contributed by atoms with Crippen molar-refractivity contribution in [1.29, 1.82) is 0 Å². The second-order valence-electron chi connectivity index (χ2n) is 5.44. The van der Waals surface area contributed by atoms with Crippen molar-refractivity contribution in [2.45, 2.75) is 13.8 Å². The van der Waals surface area contributed by atoms with Crippen molar-refractivity contribution in [1.82, 2.24) is 5.06 Å². The van der Waals surface area contributed by atoms with Gasteiger partial charge in [0.05, 0.1) is 11.4 Å². The molecule has 116 valence electrons. The molecule has 0 unspecified atom stereocenters. The standard InChI is InChI=1S/C18H15BrN2O2/c1-11-8-14(19)4-5-15(11)17-9-16(20-10-21(17)23)13-3-6-18(22)12(2)7-13/h3-10,23H,1-2H3.